The second-order valence-corrected chi connectivity index (χ2v) is 4.66. The highest BCUT2D eigenvalue weighted by molar-refractivity contribution is 4.81. The lowest BCUT2D eigenvalue weighted by atomic mass is 10.1. The van der Waals surface area contributed by atoms with Crippen molar-refractivity contribution < 1.29 is 9.84 Å². The highest BCUT2D eigenvalue weighted by Crippen LogP contribution is 2.08. The highest BCUT2D eigenvalue weighted by Gasteiger charge is 2.22. The zero-order valence-corrected chi connectivity index (χ0v) is 10.7. The SMILES string of the molecule is CCCC(C)COCC(C)(CO)NCC. The number of rotatable bonds is 9. The third kappa shape index (κ3) is 6.88. The molecule has 2 atom stereocenters. The van der Waals surface area contributed by atoms with Crippen LogP contribution in [0.5, 0.6) is 0 Å². The largest absolute Gasteiger partial charge is 0.394 e. The van der Waals surface area contributed by atoms with Crippen LogP contribution in [0.3, 0.4) is 0 Å². The molecule has 0 aliphatic carbocycles. The van der Waals surface area contributed by atoms with E-state index in [1.165, 1.54) is 12.8 Å². The predicted octanol–water partition coefficient (Wildman–Crippen LogP) is 1.80. The van der Waals surface area contributed by atoms with Crippen molar-refractivity contribution in [3.63, 3.8) is 0 Å². The minimum absolute atomic E-state index is 0.114. The molecule has 0 aromatic carbocycles. The van der Waals surface area contributed by atoms with E-state index in [1.807, 2.05) is 13.8 Å². The maximum Gasteiger partial charge on any atom is 0.0668 e. The molecule has 0 saturated heterocycles. The van der Waals surface area contributed by atoms with E-state index in [0.717, 1.165) is 13.2 Å². The summed E-state index contributed by atoms with van der Waals surface area (Å²) in [6, 6.07) is 0. The number of ether oxygens (including phenoxy) is 1. The van der Waals surface area contributed by atoms with Gasteiger partial charge in [-0.1, -0.05) is 27.2 Å². The number of hydrogen-bond donors (Lipinski definition) is 2. The van der Waals surface area contributed by atoms with E-state index in [1.54, 1.807) is 0 Å². The molecule has 0 bridgehead atoms. The van der Waals surface area contributed by atoms with Gasteiger partial charge in [0.25, 0.3) is 0 Å². The van der Waals surface area contributed by atoms with Gasteiger partial charge in [-0.15, -0.1) is 0 Å². The van der Waals surface area contributed by atoms with Crippen LogP contribution in [0.4, 0.5) is 0 Å². The lowest BCUT2D eigenvalue weighted by Gasteiger charge is -2.28. The molecule has 0 rings (SSSR count). The fourth-order valence-electron chi connectivity index (χ4n) is 1.64. The zero-order valence-electron chi connectivity index (χ0n) is 10.7. The summed E-state index contributed by atoms with van der Waals surface area (Å²) in [6.07, 6.45) is 2.41. The Morgan fingerprint density at radius 1 is 1.40 bits per heavy atom. The van der Waals surface area contributed by atoms with Crippen LogP contribution in [0, 0.1) is 5.92 Å². The molecule has 0 heterocycles. The lowest BCUT2D eigenvalue weighted by molar-refractivity contribution is 0.0298. The smallest absolute Gasteiger partial charge is 0.0668 e. The van der Waals surface area contributed by atoms with E-state index < -0.39 is 0 Å². The number of aliphatic hydroxyl groups is 1. The second kappa shape index (κ2) is 8.08. The van der Waals surface area contributed by atoms with Crippen LogP contribution in [-0.2, 0) is 4.74 Å². The standard InChI is InChI=1S/C12H27NO2/c1-5-7-11(3)8-15-10-12(4,9-14)13-6-2/h11,13-14H,5-10H2,1-4H3. The highest BCUT2D eigenvalue weighted by atomic mass is 16.5. The Kier molecular flexibility index (Phi) is 8.02. The Balaban J connectivity index is 3.71. The first kappa shape index (κ1) is 14.9. The monoisotopic (exact) mass is 217 g/mol. The van der Waals surface area contributed by atoms with Gasteiger partial charge in [0.1, 0.15) is 0 Å². The minimum Gasteiger partial charge on any atom is -0.394 e. The molecule has 15 heavy (non-hydrogen) atoms. The Hall–Kier alpha value is -0.120. The van der Waals surface area contributed by atoms with Gasteiger partial charge < -0.3 is 15.2 Å². The third-order valence-electron chi connectivity index (χ3n) is 2.56. The molecule has 3 nitrogen and oxygen atoms in total. The molecule has 3 heteroatoms. The van der Waals surface area contributed by atoms with Crippen molar-refractivity contribution in [3.8, 4) is 0 Å². The van der Waals surface area contributed by atoms with Crippen molar-refractivity contribution in [1.82, 2.24) is 5.32 Å². The summed E-state index contributed by atoms with van der Waals surface area (Å²) in [6.45, 7) is 10.7. The van der Waals surface area contributed by atoms with Crippen molar-refractivity contribution in [2.24, 2.45) is 5.92 Å². The van der Waals surface area contributed by atoms with Gasteiger partial charge in [0.05, 0.1) is 18.8 Å². The molecular weight excluding hydrogens is 190 g/mol. The van der Waals surface area contributed by atoms with Crippen LogP contribution in [0.1, 0.15) is 40.5 Å². The average molecular weight is 217 g/mol. The summed E-state index contributed by atoms with van der Waals surface area (Å²) in [5.74, 6) is 0.611. The molecule has 0 amide bonds. The molecule has 0 spiro atoms. The first-order chi connectivity index (χ1) is 7.08. The van der Waals surface area contributed by atoms with E-state index in [2.05, 4.69) is 19.2 Å². The minimum atomic E-state index is -0.291. The van der Waals surface area contributed by atoms with Gasteiger partial charge in [-0.3, -0.25) is 0 Å². The van der Waals surface area contributed by atoms with Gasteiger partial charge in [0.2, 0.25) is 0 Å². The summed E-state index contributed by atoms with van der Waals surface area (Å²) in [5.41, 5.74) is -0.291. The maximum absolute atomic E-state index is 9.24. The summed E-state index contributed by atoms with van der Waals surface area (Å²) >= 11 is 0. The summed E-state index contributed by atoms with van der Waals surface area (Å²) < 4.78 is 5.63. The van der Waals surface area contributed by atoms with Crippen LogP contribution in [0.25, 0.3) is 0 Å². The lowest BCUT2D eigenvalue weighted by Crippen LogP contribution is -2.49. The Labute approximate surface area is 94.2 Å². The van der Waals surface area contributed by atoms with E-state index in [4.69, 9.17) is 4.74 Å². The van der Waals surface area contributed by atoms with E-state index >= 15 is 0 Å². The van der Waals surface area contributed by atoms with Crippen LogP contribution >= 0.6 is 0 Å². The first-order valence-corrected chi connectivity index (χ1v) is 6.01. The first-order valence-electron chi connectivity index (χ1n) is 6.01. The molecule has 2 N–H and O–H groups in total. The predicted molar refractivity (Wildman–Crippen MR) is 64.1 cm³/mol. The normalized spacial score (nSPS) is 17.4. The fraction of sp³-hybridized carbons (Fsp3) is 1.00. The van der Waals surface area contributed by atoms with Crippen molar-refractivity contribution in [1.29, 1.82) is 0 Å². The van der Waals surface area contributed by atoms with Crippen LogP contribution in [0.15, 0.2) is 0 Å². The molecule has 0 saturated carbocycles. The van der Waals surface area contributed by atoms with Gasteiger partial charge in [0.15, 0.2) is 0 Å². The Morgan fingerprint density at radius 2 is 2.07 bits per heavy atom. The van der Waals surface area contributed by atoms with Gasteiger partial charge in [-0.05, 0) is 25.8 Å². The third-order valence-corrected chi connectivity index (χ3v) is 2.56. The number of likely N-dealkylation sites (N-methyl/N-ethyl adjacent to an activating group) is 1. The van der Waals surface area contributed by atoms with Gasteiger partial charge in [0, 0.05) is 6.61 Å². The van der Waals surface area contributed by atoms with E-state index in [9.17, 15) is 5.11 Å². The molecular formula is C12H27NO2. The van der Waals surface area contributed by atoms with Crippen molar-refractivity contribution in [2.75, 3.05) is 26.4 Å². The average Bonchev–Trinajstić information content (AvgIpc) is 2.18. The number of hydrogen-bond acceptors (Lipinski definition) is 3. The van der Waals surface area contributed by atoms with Crippen LogP contribution in [0.2, 0.25) is 0 Å². The van der Waals surface area contributed by atoms with E-state index in [-0.39, 0.29) is 12.1 Å². The Bertz CT molecular complexity index is 153. The van der Waals surface area contributed by atoms with Crippen LogP contribution < -0.4 is 5.32 Å². The summed E-state index contributed by atoms with van der Waals surface area (Å²) in [7, 11) is 0. The van der Waals surface area contributed by atoms with Crippen molar-refractivity contribution in [2.45, 2.75) is 46.1 Å². The van der Waals surface area contributed by atoms with Gasteiger partial charge in [-0.2, -0.15) is 0 Å². The molecule has 0 fully saturated rings. The molecule has 0 aromatic heterocycles. The fourth-order valence-corrected chi connectivity index (χ4v) is 1.64. The Morgan fingerprint density at radius 3 is 2.53 bits per heavy atom. The van der Waals surface area contributed by atoms with Gasteiger partial charge >= 0.3 is 0 Å². The van der Waals surface area contributed by atoms with Crippen molar-refractivity contribution >= 4 is 0 Å². The zero-order chi connectivity index (χ0) is 11.7. The molecule has 0 aliphatic rings. The van der Waals surface area contributed by atoms with E-state index in [0.29, 0.717) is 12.5 Å². The molecule has 0 radical (unpaired) electrons. The van der Waals surface area contributed by atoms with Crippen LogP contribution in [-0.4, -0.2) is 37.0 Å². The topological polar surface area (TPSA) is 41.5 Å². The molecule has 92 valence electrons. The molecule has 0 aromatic rings. The number of aliphatic hydroxyl groups excluding tert-OH is 1. The summed E-state index contributed by atoms with van der Waals surface area (Å²) in [4.78, 5) is 0. The molecule has 2 unspecified atom stereocenters. The summed E-state index contributed by atoms with van der Waals surface area (Å²) in [5, 5.41) is 12.5. The second-order valence-electron chi connectivity index (χ2n) is 4.66. The van der Waals surface area contributed by atoms with Crippen molar-refractivity contribution in [3.05, 3.63) is 0 Å². The number of nitrogens with one attached hydrogen (secondary N) is 1. The molecule has 0 aliphatic heterocycles. The maximum atomic E-state index is 9.24. The quantitative estimate of drug-likeness (QED) is 0.619. The van der Waals surface area contributed by atoms with Gasteiger partial charge in [-0.25, -0.2) is 0 Å².